The number of anilines is 1. The van der Waals surface area contributed by atoms with Gasteiger partial charge in [0, 0.05) is 5.56 Å². The van der Waals surface area contributed by atoms with Crippen LogP contribution in [0.25, 0.3) is 0 Å². The molecule has 0 radical (unpaired) electrons. The fraction of sp³-hybridized carbons (Fsp3) is 0.381. The van der Waals surface area contributed by atoms with E-state index in [9.17, 15) is 13.2 Å². The van der Waals surface area contributed by atoms with Crippen LogP contribution in [0.2, 0.25) is 0 Å². The van der Waals surface area contributed by atoms with Crippen LogP contribution in [-0.2, 0) is 10.0 Å². The number of aryl methyl sites for hydroxylation is 3. The van der Waals surface area contributed by atoms with Crippen molar-refractivity contribution in [3.63, 3.8) is 0 Å². The third-order valence-corrected chi connectivity index (χ3v) is 6.76. The van der Waals surface area contributed by atoms with E-state index in [0.29, 0.717) is 29.9 Å². The van der Waals surface area contributed by atoms with E-state index in [1.54, 1.807) is 30.0 Å². The lowest BCUT2D eigenvalue weighted by Crippen LogP contribution is -3.12. The first-order chi connectivity index (χ1) is 13.2. The number of hydrogen-bond donors (Lipinski definition) is 2. The summed E-state index contributed by atoms with van der Waals surface area (Å²) in [6.07, 6.45) is 0. The summed E-state index contributed by atoms with van der Waals surface area (Å²) in [6, 6.07) is 10.5. The van der Waals surface area contributed by atoms with Crippen LogP contribution in [0.15, 0.2) is 41.3 Å². The third kappa shape index (κ3) is 4.36. The normalized spacial score (nSPS) is 15.5. The molecule has 0 spiro atoms. The first kappa shape index (κ1) is 20.4. The molecule has 1 aliphatic rings. The van der Waals surface area contributed by atoms with Crippen LogP contribution < -0.4 is 9.62 Å². The molecule has 2 N–H and O–H groups in total. The van der Waals surface area contributed by atoms with Crippen molar-refractivity contribution in [3.8, 4) is 0 Å². The molecule has 3 rings (SSSR count). The van der Waals surface area contributed by atoms with Crippen LogP contribution in [-0.4, -0.2) is 52.5 Å². The summed E-state index contributed by atoms with van der Waals surface area (Å²) in [5, 5.41) is 0. The molecule has 0 aromatic heterocycles. The molecule has 1 aliphatic heterocycles. The molecule has 1 amide bonds. The average molecular weight is 403 g/mol. The van der Waals surface area contributed by atoms with Crippen molar-refractivity contribution >= 4 is 21.6 Å². The van der Waals surface area contributed by atoms with Crippen LogP contribution in [0.3, 0.4) is 0 Å². The number of nitrogens with zero attached hydrogens (tertiary/aromatic N) is 1. The highest BCUT2D eigenvalue weighted by Crippen LogP contribution is 2.24. The zero-order valence-corrected chi connectivity index (χ0v) is 17.7. The van der Waals surface area contributed by atoms with E-state index in [4.69, 9.17) is 0 Å². The number of carbonyl (C=O) groups is 1. The second kappa shape index (κ2) is 7.93. The molecule has 0 bridgehead atoms. The summed E-state index contributed by atoms with van der Waals surface area (Å²) in [7, 11) is -1.69. The first-order valence-electron chi connectivity index (χ1n) is 9.48. The Hall–Kier alpha value is -2.38. The molecule has 0 saturated carbocycles. The maximum absolute atomic E-state index is 13.0. The van der Waals surface area contributed by atoms with Crippen LogP contribution >= 0.6 is 0 Å². The van der Waals surface area contributed by atoms with Gasteiger partial charge in [-0.3, -0.25) is 9.52 Å². The fourth-order valence-corrected chi connectivity index (χ4v) is 4.83. The van der Waals surface area contributed by atoms with Crippen molar-refractivity contribution in [1.82, 2.24) is 4.90 Å². The summed E-state index contributed by atoms with van der Waals surface area (Å²) in [6.45, 7) is 8.73. The first-order valence-corrected chi connectivity index (χ1v) is 11.0. The van der Waals surface area contributed by atoms with E-state index >= 15 is 0 Å². The molecule has 150 valence electrons. The largest absolute Gasteiger partial charge is 0.334 e. The molecule has 2 aromatic carbocycles. The fourth-order valence-electron chi connectivity index (χ4n) is 3.42. The molecule has 1 heterocycles. The van der Waals surface area contributed by atoms with Gasteiger partial charge >= 0.3 is 0 Å². The quantitative estimate of drug-likeness (QED) is 0.812. The van der Waals surface area contributed by atoms with Crippen LogP contribution in [0.1, 0.15) is 27.0 Å². The number of sulfonamides is 1. The van der Waals surface area contributed by atoms with Gasteiger partial charge in [-0.05, 0) is 50.1 Å². The third-order valence-electron chi connectivity index (χ3n) is 5.26. The minimum Gasteiger partial charge on any atom is -0.334 e. The van der Waals surface area contributed by atoms with Gasteiger partial charge in [0.25, 0.3) is 15.9 Å². The molecule has 1 fully saturated rings. The van der Waals surface area contributed by atoms with Gasteiger partial charge in [0.15, 0.2) is 0 Å². The summed E-state index contributed by atoms with van der Waals surface area (Å²) < 4.78 is 28.7. The molecule has 7 heteroatoms. The van der Waals surface area contributed by atoms with Gasteiger partial charge in [0.05, 0.1) is 43.8 Å². The Morgan fingerprint density at radius 1 is 1.00 bits per heavy atom. The Morgan fingerprint density at radius 3 is 2.32 bits per heavy atom. The van der Waals surface area contributed by atoms with Crippen molar-refractivity contribution in [2.75, 3.05) is 37.9 Å². The number of quaternary nitrogens is 1. The van der Waals surface area contributed by atoms with E-state index in [-0.39, 0.29) is 10.8 Å². The topological polar surface area (TPSA) is 70.9 Å². The summed E-state index contributed by atoms with van der Waals surface area (Å²) in [4.78, 5) is 16.2. The van der Waals surface area contributed by atoms with Gasteiger partial charge in [-0.15, -0.1) is 0 Å². The molecular weight excluding hydrogens is 374 g/mol. The van der Waals surface area contributed by atoms with E-state index in [0.717, 1.165) is 24.2 Å². The summed E-state index contributed by atoms with van der Waals surface area (Å²) in [5.41, 5.74) is 3.48. The lowest BCUT2D eigenvalue weighted by atomic mass is 10.1. The Balaban J connectivity index is 1.88. The molecule has 6 nitrogen and oxygen atoms in total. The van der Waals surface area contributed by atoms with Gasteiger partial charge < -0.3 is 9.80 Å². The highest BCUT2D eigenvalue weighted by Gasteiger charge is 2.25. The molecular formula is C21H28N3O3S+. The molecule has 2 aromatic rings. The smallest absolute Gasteiger partial charge is 0.262 e. The Labute approximate surface area is 167 Å². The zero-order valence-electron chi connectivity index (χ0n) is 16.9. The van der Waals surface area contributed by atoms with E-state index < -0.39 is 10.0 Å². The lowest BCUT2D eigenvalue weighted by molar-refractivity contribution is -0.883. The maximum Gasteiger partial charge on any atom is 0.262 e. The Morgan fingerprint density at radius 2 is 1.68 bits per heavy atom. The standard InChI is InChI=1S/C21H27N3O3S/c1-15-5-8-19(17(3)13-15)22-28(26,27)20-14-18(7-6-16(20)2)21(25)24-11-9-23(4)10-12-24/h5-8,13-14,22H,9-12H2,1-4H3/p+1. The van der Waals surface area contributed by atoms with Crippen LogP contribution in [0, 0.1) is 20.8 Å². The van der Waals surface area contributed by atoms with Gasteiger partial charge in [-0.2, -0.15) is 0 Å². The molecule has 1 saturated heterocycles. The predicted molar refractivity (Wildman–Crippen MR) is 110 cm³/mol. The average Bonchev–Trinajstić information content (AvgIpc) is 2.64. The highest BCUT2D eigenvalue weighted by atomic mass is 32.2. The molecule has 0 unspecified atom stereocenters. The van der Waals surface area contributed by atoms with Gasteiger partial charge in [0.1, 0.15) is 0 Å². The number of carbonyl (C=O) groups excluding carboxylic acids is 1. The van der Waals surface area contributed by atoms with Crippen molar-refractivity contribution in [3.05, 3.63) is 58.7 Å². The second-order valence-electron chi connectivity index (χ2n) is 7.65. The van der Waals surface area contributed by atoms with Crippen LogP contribution in [0.5, 0.6) is 0 Å². The van der Waals surface area contributed by atoms with Gasteiger partial charge in [-0.1, -0.05) is 23.8 Å². The van der Waals surface area contributed by atoms with E-state index in [1.807, 2.05) is 26.0 Å². The number of amides is 1. The van der Waals surface area contributed by atoms with Crippen molar-refractivity contribution in [1.29, 1.82) is 0 Å². The SMILES string of the molecule is Cc1ccc(NS(=O)(=O)c2cc(C(=O)N3CC[NH+](C)CC3)ccc2C)c(C)c1. The van der Waals surface area contributed by atoms with Gasteiger partial charge in [0.2, 0.25) is 0 Å². The number of benzene rings is 2. The van der Waals surface area contributed by atoms with Crippen molar-refractivity contribution < 1.29 is 18.1 Å². The van der Waals surface area contributed by atoms with E-state index in [1.165, 1.54) is 11.0 Å². The molecule has 28 heavy (non-hydrogen) atoms. The van der Waals surface area contributed by atoms with Gasteiger partial charge in [-0.25, -0.2) is 8.42 Å². The molecule has 0 atom stereocenters. The number of hydrogen-bond acceptors (Lipinski definition) is 3. The minimum atomic E-state index is -3.80. The summed E-state index contributed by atoms with van der Waals surface area (Å²) >= 11 is 0. The number of likely N-dealkylation sites (N-methyl/N-ethyl adjacent to an activating group) is 1. The Bertz CT molecular complexity index is 994. The predicted octanol–water partition coefficient (Wildman–Crippen LogP) is 1.38. The van der Waals surface area contributed by atoms with Crippen molar-refractivity contribution in [2.45, 2.75) is 25.7 Å². The number of nitrogens with one attached hydrogen (secondary N) is 2. The maximum atomic E-state index is 13.0. The highest BCUT2D eigenvalue weighted by molar-refractivity contribution is 7.92. The minimum absolute atomic E-state index is 0.115. The van der Waals surface area contributed by atoms with Crippen molar-refractivity contribution in [2.24, 2.45) is 0 Å². The number of rotatable bonds is 4. The molecule has 0 aliphatic carbocycles. The van der Waals surface area contributed by atoms with Crippen LogP contribution in [0.4, 0.5) is 5.69 Å². The summed E-state index contributed by atoms with van der Waals surface area (Å²) in [5.74, 6) is -0.115. The van der Waals surface area contributed by atoms with E-state index in [2.05, 4.69) is 11.8 Å². The monoisotopic (exact) mass is 402 g/mol. The lowest BCUT2D eigenvalue weighted by Gasteiger charge is -2.30. The Kier molecular flexibility index (Phi) is 5.76. The zero-order chi connectivity index (χ0) is 20.5. The number of piperazine rings is 1. The second-order valence-corrected chi connectivity index (χ2v) is 9.30.